The predicted octanol–water partition coefficient (Wildman–Crippen LogP) is 3.15. The summed E-state index contributed by atoms with van der Waals surface area (Å²) in [6.45, 7) is 4.48. The minimum absolute atomic E-state index is 0.0203. The van der Waals surface area contributed by atoms with E-state index in [9.17, 15) is 24.1 Å². The molecule has 0 bridgehead atoms. The Bertz CT molecular complexity index is 596. The van der Waals surface area contributed by atoms with Gasteiger partial charge in [-0.25, -0.2) is 14.0 Å². The van der Waals surface area contributed by atoms with Gasteiger partial charge in [0.2, 0.25) is 0 Å². The van der Waals surface area contributed by atoms with Gasteiger partial charge >= 0.3 is 12.2 Å². The molecule has 1 rings (SSSR count). The lowest BCUT2D eigenvalue weighted by molar-refractivity contribution is -0.384. The summed E-state index contributed by atoms with van der Waals surface area (Å²) in [5, 5.41) is 19.7. The van der Waals surface area contributed by atoms with E-state index in [-0.39, 0.29) is 4.90 Å². The molecule has 0 spiro atoms. The van der Waals surface area contributed by atoms with Crippen LogP contribution >= 0.6 is 0 Å². The van der Waals surface area contributed by atoms with Crippen molar-refractivity contribution < 1.29 is 28.7 Å². The van der Waals surface area contributed by atoms with Crippen molar-refractivity contribution in [2.45, 2.75) is 26.4 Å². The fourth-order valence-corrected chi connectivity index (χ4v) is 1.37. The Kier molecular flexibility index (Phi) is 4.46. The smallest absolute Gasteiger partial charge is 0.424 e. The summed E-state index contributed by atoms with van der Waals surface area (Å²) in [6.07, 6.45) is -3.17. The third kappa shape index (κ3) is 4.13. The maximum Gasteiger partial charge on any atom is 0.424 e. The summed E-state index contributed by atoms with van der Waals surface area (Å²) in [5.41, 5.74) is -2.34. The van der Waals surface area contributed by atoms with E-state index in [0.717, 1.165) is 6.07 Å². The molecule has 21 heavy (non-hydrogen) atoms. The Morgan fingerprint density at radius 1 is 1.38 bits per heavy atom. The molecule has 9 heteroatoms. The number of imide groups is 1. The number of nitro groups is 1. The lowest BCUT2D eigenvalue weighted by Gasteiger charge is -2.24. The summed E-state index contributed by atoms with van der Waals surface area (Å²) in [6, 6.07) is 2.20. The predicted molar refractivity (Wildman–Crippen MR) is 69.8 cm³/mol. The van der Waals surface area contributed by atoms with Crippen molar-refractivity contribution in [3.8, 4) is 0 Å². The monoisotopic (exact) mass is 300 g/mol. The number of hydrogen-bond donors (Lipinski definition) is 1. The van der Waals surface area contributed by atoms with Crippen LogP contribution < -0.4 is 4.90 Å². The average Bonchev–Trinajstić information content (AvgIpc) is 2.28. The SMILES string of the molecule is CC(C)(C)OC(=O)N(C(=O)O)c1cc([N+](=O)[O-])ccc1F. The molecule has 0 aromatic heterocycles. The van der Waals surface area contributed by atoms with Crippen molar-refractivity contribution in [1.29, 1.82) is 0 Å². The first-order valence-electron chi connectivity index (χ1n) is 5.73. The van der Waals surface area contributed by atoms with E-state index in [4.69, 9.17) is 9.84 Å². The normalized spacial score (nSPS) is 10.9. The van der Waals surface area contributed by atoms with Crippen molar-refractivity contribution in [2.24, 2.45) is 0 Å². The van der Waals surface area contributed by atoms with Crippen LogP contribution in [-0.2, 0) is 4.74 Å². The maximum atomic E-state index is 13.7. The number of nitrogens with zero attached hydrogens (tertiary/aromatic N) is 2. The summed E-state index contributed by atoms with van der Waals surface area (Å²) in [4.78, 5) is 32.8. The molecule has 0 atom stereocenters. The van der Waals surface area contributed by atoms with E-state index < -0.39 is 39.9 Å². The average molecular weight is 300 g/mol. The molecule has 0 heterocycles. The standard InChI is InChI=1S/C12H13FN2O6/c1-12(2,3)21-11(18)14(10(16)17)9-6-7(15(19)20)4-5-8(9)13/h4-6H,1-3H3,(H,16,17). The van der Waals surface area contributed by atoms with Crippen LogP contribution in [0.3, 0.4) is 0 Å². The molecule has 2 amide bonds. The zero-order valence-corrected chi connectivity index (χ0v) is 11.5. The Balaban J connectivity index is 3.29. The Labute approximate surface area is 118 Å². The van der Waals surface area contributed by atoms with Gasteiger partial charge in [-0.05, 0) is 26.8 Å². The maximum absolute atomic E-state index is 13.7. The number of benzene rings is 1. The fraction of sp³-hybridized carbons (Fsp3) is 0.333. The van der Waals surface area contributed by atoms with Crippen LogP contribution in [0, 0.1) is 15.9 Å². The molecular weight excluding hydrogens is 287 g/mol. The third-order valence-electron chi connectivity index (χ3n) is 2.15. The lowest BCUT2D eigenvalue weighted by Crippen LogP contribution is -2.40. The molecule has 1 aromatic carbocycles. The molecule has 8 nitrogen and oxygen atoms in total. The number of hydrogen-bond acceptors (Lipinski definition) is 5. The lowest BCUT2D eigenvalue weighted by atomic mass is 10.2. The molecule has 0 aliphatic carbocycles. The van der Waals surface area contributed by atoms with Crippen molar-refractivity contribution in [1.82, 2.24) is 0 Å². The molecule has 0 radical (unpaired) electrons. The second-order valence-electron chi connectivity index (χ2n) is 4.99. The summed E-state index contributed by atoms with van der Waals surface area (Å²) >= 11 is 0. The molecule has 1 aromatic rings. The number of non-ortho nitro benzene ring substituents is 1. The van der Waals surface area contributed by atoms with Crippen LogP contribution in [0.15, 0.2) is 18.2 Å². The molecule has 0 aliphatic rings. The molecular formula is C12H13FN2O6. The van der Waals surface area contributed by atoms with Gasteiger partial charge in [0.1, 0.15) is 17.1 Å². The van der Waals surface area contributed by atoms with Gasteiger partial charge in [0, 0.05) is 12.1 Å². The zero-order chi connectivity index (χ0) is 16.4. The molecule has 114 valence electrons. The van der Waals surface area contributed by atoms with Crippen LogP contribution in [-0.4, -0.2) is 27.8 Å². The second-order valence-corrected chi connectivity index (χ2v) is 4.99. The summed E-state index contributed by atoms with van der Waals surface area (Å²) < 4.78 is 18.5. The van der Waals surface area contributed by atoms with Gasteiger partial charge in [-0.15, -0.1) is 0 Å². The molecule has 0 unspecified atom stereocenters. The fourth-order valence-electron chi connectivity index (χ4n) is 1.37. The highest BCUT2D eigenvalue weighted by molar-refractivity contribution is 6.08. The Morgan fingerprint density at radius 3 is 2.38 bits per heavy atom. The number of nitro benzene ring substituents is 1. The van der Waals surface area contributed by atoms with Crippen molar-refractivity contribution in [3.63, 3.8) is 0 Å². The highest BCUT2D eigenvalue weighted by Gasteiger charge is 2.31. The van der Waals surface area contributed by atoms with Crippen LogP contribution in [0.5, 0.6) is 0 Å². The molecule has 1 N–H and O–H groups in total. The minimum Gasteiger partial charge on any atom is -0.464 e. The topological polar surface area (TPSA) is 110 Å². The van der Waals surface area contributed by atoms with Crippen LogP contribution in [0.4, 0.5) is 25.4 Å². The van der Waals surface area contributed by atoms with Crippen LogP contribution in [0.1, 0.15) is 20.8 Å². The molecule has 0 fully saturated rings. The van der Waals surface area contributed by atoms with Gasteiger partial charge in [-0.1, -0.05) is 0 Å². The van der Waals surface area contributed by atoms with Gasteiger partial charge in [0.25, 0.3) is 5.69 Å². The number of halogens is 1. The van der Waals surface area contributed by atoms with Gasteiger partial charge in [-0.3, -0.25) is 10.1 Å². The van der Waals surface area contributed by atoms with Crippen molar-refractivity contribution in [3.05, 3.63) is 34.1 Å². The van der Waals surface area contributed by atoms with Gasteiger partial charge in [-0.2, -0.15) is 4.90 Å². The van der Waals surface area contributed by atoms with Gasteiger partial charge in [0.05, 0.1) is 4.92 Å². The number of carbonyl (C=O) groups excluding carboxylic acids is 1. The Morgan fingerprint density at radius 2 is 1.95 bits per heavy atom. The highest BCUT2D eigenvalue weighted by atomic mass is 19.1. The first-order chi connectivity index (χ1) is 9.53. The first kappa shape index (κ1) is 16.3. The largest absolute Gasteiger partial charge is 0.464 e. The summed E-state index contributed by atoms with van der Waals surface area (Å²) in [5.74, 6) is -1.10. The van der Waals surface area contributed by atoms with Crippen molar-refractivity contribution in [2.75, 3.05) is 4.90 Å². The number of carboxylic acid groups (broad SMARTS) is 1. The zero-order valence-electron chi connectivity index (χ0n) is 11.5. The molecule has 0 saturated heterocycles. The van der Waals surface area contributed by atoms with E-state index in [0.29, 0.717) is 12.1 Å². The van der Waals surface area contributed by atoms with E-state index in [1.165, 1.54) is 20.8 Å². The minimum atomic E-state index is -1.82. The van der Waals surface area contributed by atoms with E-state index in [1.54, 1.807) is 0 Å². The number of rotatable bonds is 2. The van der Waals surface area contributed by atoms with Gasteiger partial charge in [0.15, 0.2) is 0 Å². The second kappa shape index (κ2) is 5.73. The number of amides is 2. The number of carbonyl (C=O) groups is 2. The first-order valence-corrected chi connectivity index (χ1v) is 5.73. The molecule has 0 aliphatic heterocycles. The Hall–Kier alpha value is -2.71. The number of ether oxygens (including phenoxy) is 1. The van der Waals surface area contributed by atoms with Gasteiger partial charge < -0.3 is 9.84 Å². The third-order valence-corrected chi connectivity index (χ3v) is 2.15. The highest BCUT2D eigenvalue weighted by Crippen LogP contribution is 2.26. The van der Waals surface area contributed by atoms with Crippen LogP contribution in [0.2, 0.25) is 0 Å². The molecule has 0 saturated carbocycles. The van der Waals surface area contributed by atoms with Crippen LogP contribution in [0.25, 0.3) is 0 Å². The summed E-state index contributed by atoms with van der Waals surface area (Å²) in [7, 11) is 0. The number of anilines is 1. The van der Waals surface area contributed by atoms with E-state index in [2.05, 4.69) is 0 Å². The quantitative estimate of drug-likeness (QED) is 0.663. The van der Waals surface area contributed by atoms with E-state index in [1.807, 2.05) is 0 Å². The van der Waals surface area contributed by atoms with E-state index >= 15 is 0 Å². The van der Waals surface area contributed by atoms with Crippen molar-refractivity contribution >= 4 is 23.6 Å².